The summed E-state index contributed by atoms with van der Waals surface area (Å²) in [6.07, 6.45) is 1.50. The lowest BCUT2D eigenvalue weighted by Crippen LogP contribution is -2.49. The Bertz CT molecular complexity index is 918. The molecule has 0 radical (unpaired) electrons. The number of benzene rings is 2. The predicted molar refractivity (Wildman–Crippen MR) is 123 cm³/mol. The summed E-state index contributed by atoms with van der Waals surface area (Å²) in [6.45, 7) is 4.19. The minimum absolute atomic E-state index is 0.295. The van der Waals surface area contributed by atoms with Gasteiger partial charge in [0, 0.05) is 23.1 Å². The number of thioether (sulfide) groups is 1. The highest BCUT2D eigenvalue weighted by Crippen LogP contribution is 2.23. The molecule has 1 atom stereocenters. The molecule has 1 unspecified atom stereocenters. The van der Waals surface area contributed by atoms with Crippen molar-refractivity contribution in [3.8, 4) is 0 Å². The quantitative estimate of drug-likeness (QED) is 0.545. The van der Waals surface area contributed by atoms with E-state index >= 15 is 0 Å². The predicted octanol–water partition coefficient (Wildman–Crippen LogP) is 4.24. The SMILES string of the molecule is CCC(C(=O)NCCSCc1ccccc1Cl)N(c1ccc(C)cc1)S(C)(=O)=O. The largest absolute Gasteiger partial charge is 0.353 e. The molecule has 0 aliphatic rings. The Morgan fingerprint density at radius 3 is 2.41 bits per heavy atom. The number of carbonyl (C=O) groups excluding carboxylic acids is 1. The molecule has 5 nitrogen and oxygen atoms in total. The number of amides is 1. The molecule has 0 fully saturated rings. The molecule has 1 N–H and O–H groups in total. The maximum atomic E-state index is 12.7. The molecule has 0 spiro atoms. The number of carbonyl (C=O) groups is 1. The molecule has 158 valence electrons. The van der Waals surface area contributed by atoms with Gasteiger partial charge in [0.1, 0.15) is 6.04 Å². The summed E-state index contributed by atoms with van der Waals surface area (Å²) in [4.78, 5) is 12.7. The van der Waals surface area contributed by atoms with Gasteiger partial charge in [0.05, 0.1) is 11.9 Å². The lowest BCUT2D eigenvalue weighted by molar-refractivity contribution is -0.122. The Morgan fingerprint density at radius 1 is 1.17 bits per heavy atom. The summed E-state index contributed by atoms with van der Waals surface area (Å²) >= 11 is 7.81. The van der Waals surface area contributed by atoms with Crippen LogP contribution in [0.25, 0.3) is 0 Å². The fourth-order valence-electron chi connectivity index (χ4n) is 2.91. The topological polar surface area (TPSA) is 66.5 Å². The number of rotatable bonds is 10. The van der Waals surface area contributed by atoms with Crippen LogP contribution in [0, 0.1) is 6.92 Å². The molecule has 1 amide bonds. The van der Waals surface area contributed by atoms with Crippen LogP contribution in [0.1, 0.15) is 24.5 Å². The van der Waals surface area contributed by atoms with Crippen LogP contribution in [0.5, 0.6) is 0 Å². The fourth-order valence-corrected chi connectivity index (χ4v) is 5.27. The van der Waals surface area contributed by atoms with Crippen molar-refractivity contribution >= 4 is 45.0 Å². The number of nitrogens with zero attached hydrogens (tertiary/aromatic N) is 1. The number of nitrogens with one attached hydrogen (secondary N) is 1. The monoisotopic (exact) mass is 454 g/mol. The Morgan fingerprint density at radius 2 is 1.83 bits per heavy atom. The molecule has 8 heteroatoms. The summed E-state index contributed by atoms with van der Waals surface area (Å²) in [5.74, 6) is 1.17. The average Bonchev–Trinajstić information content (AvgIpc) is 2.67. The van der Waals surface area contributed by atoms with Gasteiger partial charge in [-0.25, -0.2) is 8.42 Å². The van der Waals surface area contributed by atoms with Crippen LogP contribution in [-0.2, 0) is 20.6 Å². The third-order valence-electron chi connectivity index (χ3n) is 4.38. The molecular weight excluding hydrogens is 428 g/mol. The summed E-state index contributed by atoms with van der Waals surface area (Å²) in [6, 6.07) is 14.0. The van der Waals surface area contributed by atoms with Gasteiger partial charge in [0.2, 0.25) is 15.9 Å². The number of anilines is 1. The van der Waals surface area contributed by atoms with Crippen LogP contribution < -0.4 is 9.62 Å². The second-order valence-electron chi connectivity index (χ2n) is 6.75. The Balaban J connectivity index is 1.97. The van der Waals surface area contributed by atoms with E-state index in [4.69, 9.17) is 11.6 Å². The Hall–Kier alpha value is -1.70. The third-order valence-corrected chi connectivity index (χ3v) is 6.94. The van der Waals surface area contributed by atoms with Crippen molar-refractivity contribution in [1.29, 1.82) is 0 Å². The van der Waals surface area contributed by atoms with Gasteiger partial charge in [-0.2, -0.15) is 11.8 Å². The van der Waals surface area contributed by atoms with Crippen LogP contribution in [0.4, 0.5) is 5.69 Å². The van der Waals surface area contributed by atoms with Gasteiger partial charge >= 0.3 is 0 Å². The fraction of sp³-hybridized carbons (Fsp3) is 0.381. The van der Waals surface area contributed by atoms with Gasteiger partial charge in [-0.1, -0.05) is 54.4 Å². The molecule has 0 saturated heterocycles. The van der Waals surface area contributed by atoms with E-state index in [9.17, 15) is 13.2 Å². The summed E-state index contributed by atoms with van der Waals surface area (Å²) in [5, 5.41) is 3.60. The van der Waals surface area contributed by atoms with Crippen LogP contribution in [0.2, 0.25) is 5.02 Å². The minimum Gasteiger partial charge on any atom is -0.353 e. The van der Waals surface area contributed by atoms with Crippen molar-refractivity contribution in [1.82, 2.24) is 5.32 Å². The van der Waals surface area contributed by atoms with E-state index in [1.807, 2.05) is 50.2 Å². The molecule has 0 aliphatic heterocycles. The lowest BCUT2D eigenvalue weighted by Gasteiger charge is -2.30. The van der Waals surface area contributed by atoms with Gasteiger partial charge in [-0.05, 0) is 37.1 Å². The van der Waals surface area contributed by atoms with Crippen molar-refractivity contribution < 1.29 is 13.2 Å². The zero-order chi connectivity index (χ0) is 21.4. The van der Waals surface area contributed by atoms with E-state index in [2.05, 4.69) is 5.32 Å². The van der Waals surface area contributed by atoms with Crippen molar-refractivity contribution in [3.05, 3.63) is 64.7 Å². The summed E-state index contributed by atoms with van der Waals surface area (Å²) in [7, 11) is -3.61. The van der Waals surface area contributed by atoms with E-state index < -0.39 is 16.1 Å². The van der Waals surface area contributed by atoms with Crippen molar-refractivity contribution in [2.24, 2.45) is 0 Å². The molecule has 2 aromatic carbocycles. The molecule has 0 heterocycles. The second kappa shape index (κ2) is 10.9. The zero-order valence-corrected chi connectivity index (χ0v) is 19.3. The second-order valence-corrected chi connectivity index (χ2v) is 10.1. The average molecular weight is 455 g/mol. The number of halogens is 1. The van der Waals surface area contributed by atoms with E-state index in [-0.39, 0.29) is 5.91 Å². The Labute approximate surface area is 182 Å². The van der Waals surface area contributed by atoms with Crippen LogP contribution >= 0.6 is 23.4 Å². The zero-order valence-electron chi connectivity index (χ0n) is 16.9. The first kappa shape index (κ1) is 23.6. The van der Waals surface area contributed by atoms with Crippen LogP contribution in [0.15, 0.2) is 48.5 Å². The molecule has 2 rings (SSSR count). The molecule has 0 bridgehead atoms. The number of aryl methyl sites for hydroxylation is 1. The van der Waals surface area contributed by atoms with Crippen molar-refractivity contribution in [3.63, 3.8) is 0 Å². The highest BCUT2D eigenvalue weighted by Gasteiger charge is 2.31. The maximum Gasteiger partial charge on any atom is 0.243 e. The molecule has 0 aromatic heterocycles. The first-order valence-corrected chi connectivity index (χ1v) is 12.8. The molecule has 29 heavy (non-hydrogen) atoms. The number of hydrogen-bond donors (Lipinski definition) is 1. The first-order valence-electron chi connectivity index (χ1n) is 9.39. The summed E-state index contributed by atoms with van der Waals surface area (Å²) in [5.41, 5.74) is 2.57. The van der Waals surface area contributed by atoms with E-state index in [1.54, 1.807) is 23.9 Å². The standard InChI is InChI=1S/C21H27ClN2O3S2/c1-4-20(24(29(3,26)27)18-11-9-16(2)10-12-18)21(25)23-13-14-28-15-17-7-5-6-8-19(17)22/h5-12,20H,4,13-15H2,1-3H3,(H,23,25). The van der Waals surface area contributed by atoms with Crippen molar-refractivity contribution in [2.75, 3.05) is 22.9 Å². The molecule has 2 aromatic rings. The number of hydrogen-bond acceptors (Lipinski definition) is 4. The normalized spacial score (nSPS) is 12.4. The lowest BCUT2D eigenvalue weighted by atomic mass is 10.1. The number of sulfonamides is 1. The van der Waals surface area contributed by atoms with Crippen LogP contribution in [-0.4, -0.2) is 38.9 Å². The van der Waals surface area contributed by atoms with Gasteiger partial charge in [-0.3, -0.25) is 9.10 Å². The highest BCUT2D eigenvalue weighted by molar-refractivity contribution is 7.98. The van der Waals surface area contributed by atoms with Gasteiger partial charge in [0.15, 0.2) is 0 Å². The van der Waals surface area contributed by atoms with Crippen LogP contribution in [0.3, 0.4) is 0 Å². The highest BCUT2D eigenvalue weighted by atomic mass is 35.5. The minimum atomic E-state index is -3.61. The molecule has 0 aliphatic carbocycles. The molecule has 0 saturated carbocycles. The Kier molecular flexibility index (Phi) is 8.86. The third kappa shape index (κ3) is 6.94. The van der Waals surface area contributed by atoms with Gasteiger partial charge in [-0.15, -0.1) is 0 Å². The van der Waals surface area contributed by atoms with E-state index in [0.29, 0.717) is 24.4 Å². The van der Waals surface area contributed by atoms with Gasteiger partial charge < -0.3 is 5.32 Å². The summed E-state index contributed by atoms with van der Waals surface area (Å²) < 4.78 is 26.0. The van der Waals surface area contributed by atoms with E-state index in [0.717, 1.165) is 28.2 Å². The van der Waals surface area contributed by atoms with Crippen molar-refractivity contribution in [2.45, 2.75) is 32.1 Å². The van der Waals surface area contributed by atoms with Gasteiger partial charge in [0.25, 0.3) is 0 Å². The maximum absolute atomic E-state index is 12.7. The first-order chi connectivity index (χ1) is 13.7. The molecular formula is C21H27ClN2O3S2. The van der Waals surface area contributed by atoms with E-state index in [1.165, 1.54) is 4.31 Å². The smallest absolute Gasteiger partial charge is 0.243 e.